The van der Waals surface area contributed by atoms with Gasteiger partial charge in [-0.1, -0.05) is 36.1 Å². The van der Waals surface area contributed by atoms with Gasteiger partial charge < -0.3 is 0 Å². The van der Waals surface area contributed by atoms with Gasteiger partial charge in [-0.3, -0.25) is 19.4 Å². The van der Waals surface area contributed by atoms with Crippen LogP contribution in [0.4, 0.5) is 0 Å². The van der Waals surface area contributed by atoms with Crippen molar-refractivity contribution < 1.29 is 18.6 Å². The van der Waals surface area contributed by atoms with Crippen molar-refractivity contribution in [2.45, 2.75) is 4.90 Å². The van der Waals surface area contributed by atoms with E-state index in [1.165, 1.54) is 31.8 Å². The van der Waals surface area contributed by atoms with Crippen molar-refractivity contribution in [1.29, 1.82) is 0 Å². The molecular formula is C23H19N3O4S. The summed E-state index contributed by atoms with van der Waals surface area (Å²) in [6.07, 6.45) is 4.28. The fraction of sp³-hybridized carbons (Fsp3) is 0.0870. The average Bonchev–Trinajstić information content (AvgIpc) is 2.78. The van der Waals surface area contributed by atoms with Gasteiger partial charge in [0.1, 0.15) is 0 Å². The lowest BCUT2D eigenvalue weighted by atomic mass is 10.1. The lowest BCUT2D eigenvalue weighted by molar-refractivity contribution is 0.0537. The highest BCUT2D eigenvalue weighted by atomic mass is 32.2. The number of hydrogen-bond donors (Lipinski definition) is 1. The Balaban J connectivity index is 1.85. The number of amides is 2. The summed E-state index contributed by atoms with van der Waals surface area (Å²) in [7, 11) is -1.53. The summed E-state index contributed by atoms with van der Waals surface area (Å²) in [5, 5.41) is 0. The van der Waals surface area contributed by atoms with Crippen LogP contribution in [0, 0.1) is 11.8 Å². The Labute approximate surface area is 180 Å². The second-order valence-electron chi connectivity index (χ2n) is 6.44. The zero-order valence-corrected chi connectivity index (χ0v) is 17.7. The van der Waals surface area contributed by atoms with Crippen LogP contribution >= 0.6 is 0 Å². The van der Waals surface area contributed by atoms with E-state index >= 15 is 0 Å². The molecule has 7 nitrogen and oxygen atoms in total. The predicted octanol–water partition coefficient (Wildman–Crippen LogP) is 3.07. The molecule has 0 fully saturated rings. The molecule has 0 aliphatic rings. The van der Waals surface area contributed by atoms with Crippen molar-refractivity contribution in [2.75, 3.05) is 13.4 Å². The van der Waals surface area contributed by atoms with Gasteiger partial charge in [-0.05, 0) is 36.4 Å². The molecule has 156 valence electrons. The Morgan fingerprint density at radius 3 is 2.42 bits per heavy atom. The van der Waals surface area contributed by atoms with Gasteiger partial charge in [0.2, 0.25) is 0 Å². The van der Waals surface area contributed by atoms with E-state index in [-0.39, 0.29) is 11.5 Å². The molecule has 0 radical (unpaired) electrons. The van der Waals surface area contributed by atoms with Crippen molar-refractivity contribution >= 4 is 21.5 Å². The van der Waals surface area contributed by atoms with Crippen molar-refractivity contribution in [3.8, 4) is 11.8 Å². The Morgan fingerprint density at radius 1 is 0.968 bits per heavy atom. The fourth-order valence-corrected chi connectivity index (χ4v) is 3.79. The summed E-state index contributed by atoms with van der Waals surface area (Å²) < 4.78 is 16.7. The fourth-order valence-electron chi connectivity index (χ4n) is 2.60. The van der Waals surface area contributed by atoms with E-state index in [2.05, 4.69) is 31.5 Å². The van der Waals surface area contributed by atoms with Crippen LogP contribution in [0.1, 0.15) is 31.8 Å². The molecule has 1 atom stereocenters. The first-order valence-electron chi connectivity index (χ1n) is 9.11. The summed E-state index contributed by atoms with van der Waals surface area (Å²) in [5.74, 6) is 4.82. The highest BCUT2D eigenvalue weighted by Gasteiger charge is 2.12. The van der Waals surface area contributed by atoms with Crippen LogP contribution in [0.3, 0.4) is 0 Å². The predicted molar refractivity (Wildman–Crippen MR) is 117 cm³/mol. The summed E-state index contributed by atoms with van der Waals surface area (Å²) >= 11 is 0. The number of carbonyl (C=O) groups is 2. The van der Waals surface area contributed by atoms with Crippen LogP contribution < -0.4 is 5.48 Å². The van der Waals surface area contributed by atoms with E-state index in [4.69, 9.17) is 0 Å². The van der Waals surface area contributed by atoms with Crippen LogP contribution in [-0.4, -0.2) is 34.4 Å². The molecule has 2 aromatic carbocycles. The highest BCUT2D eigenvalue weighted by Crippen LogP contribution is 2.13. The molecule has 0 aliphatic carbocycles. The Bertz CT molecular complexity index is 1300. The number of hydroxylamine groups is 1. The number of aromatic nitrogens is 1. The number of hydrogen-bond acceptors (Lipinski definition) is 5. The SMILES string of the molecule is CONC(=O)c1cccc(C#Cc2cncc(C(=O)N=[S@@](C)(=O)c3ccccc3)c2)c1. The zero-order chi connectivity index (χ0) is 22.3. The molecule has 3 aromatic rings. The number of benzene rings is 2. The number of nitrogens with zero attached hydrogens (tertiary/aromatic N) is 2. The molecule has 0 saturated heterocycles. The van der Waals surface area contributed by atoms with Crippen molar-refractivity contribution in [1.82, 2.24) is 10.5 Å². The highest BCUT2D eigenvalue weighted by molar-refractivity contribution is 7.93. The first-order chi connectivity index (χ1) is 14.9. The van der Waals surface area contributed by atoms with Gasteiger partial charge in [0.15, 0.2) is 0 Å². The largest absolute Gasteiger partial charge is 0.286 e. The Morgan fingerprint density at radius 2 is 1.68 bits per heavy atom. The molecule has 8 heteroatoms. The normalized spacial score (nSPS) is 12.1. The Kier molecular flexibility index (Phi) is 6.92. The van der Waals surface area contributed by atoms with Crippen LogP contribution in [-0.2, 0) is 14.6 Å². The van der Waals surface area contributed by atoms with Gasteiger partial charge in [-0.15, -0.1) is 0 Å². The van der Waals surface area contributed by atoms with Gasteiger partial charge in [-0.2, -0.15) is 4.36 Å². The topological polar surface area (TPSA) is 97.7 Å². The second kappa shape index (κ2) is 9.80. The molecule has 0 spiro atoms. The number of pyridine rings is 1. The smallest absolute Gasteiger partial charge is 0.277 e. The van der Waals surface area contributed by atoms with Gasteiger partial charge in [0, 0.05) is 40.2 Å². The summed E-state index contributed by atoms with van der Waals surface area (Å²) in [5.41, 5.74) is 3.91. The van der Waals surface area contributed by atoms with Gasteiger partial charge in [-0.25, -0.2) is 9.69 Å². The van der Waals surface area contributed by atoms with E-state index in [1.54, 1.807) is 54.6 Å². The van der Waals surface area contributed by atoms with E-state index in [0.717, 1.165) is 0 Å². The second-order valence-corrected chi connectivity index (χ2v) is 8.70. The molecule has 1 N–H and O–H groups in total. The molecule has 0 unspecified atom stereocenters. The molecule has 2 amide bonds. The van der Waals surface area contributed by atoms with Crippen LogP contribution in [0.15, 0.2) is 82.3 Å². The number of nitrogens with one attached hydrogen (secondary N) is 1. The third-order valence-electron chi connectivity index (χ3n) is 4.09. The average molecular weight is 433 g/mol. The first-order valence-corrected chi connectivity index (χ1v) is 11.0. The van der Waals surface area contributed by atoms with E-state index in [1.807, 2.05) is 0 Å². The van der Waals surface area contributed by atoms with Crippen molar-refractivity contribution in [2.24, 2.45) is 4.36 Å². The minimum atomic E-state index is -2.88. The maximum absolute atomic E-state index is 12.8. The summed E-state index contributed by atoms with van der Waals surface area (Å²) in [6.45, 7) is 0. The zero-order valence-electron chi connectivity index (χ0n) is 16.9. The van der Waals surface area contributed by atoms with E-state index < -0.39 is 15.6 Å². The molecule has 31 heavy (non-hydrogen) atoms. The maximum Gasteiger partial charge on any atom is 0.286 e. The van der Waals surface area contributed by atoms with Crippen molar-refractivity contribution in [3.63, 3.8) is 0 Å². The van der Waals surface area contributed by atoms with Crippen LogP contribution in [0.25, 0.3) is 0 Å². The first kappa shape index (κ1) is 21.9. The summed E-state index contributed by atoms with van der Waals surface area (Å²) in [4.78, 5) is 33.5. The lowest BCUT2D eigenvalue weighted by Crippen LogP contribution is -2.21. The van der Waals surface area contributed by atoms with Gasteiger partial charge in [0.25, 0.3) is 11.8 Å². The number of rotatable bonds is 4. The van der Waals surface area contributed by atoms with E-state index in [0.29, 0.717) is 21.6 Å². The quantitative estimate of drug-likeness (QED) is 0.504. The number of carbonyl (C=O) groups excluding carboxylic acids is 2. The molecule has 0 saturated carbocycles. The van der Waals surface area contributed by atoms with Crippen LogP contribution in [0.5, 0.6) is 0 Å². The molecule has 1 heterocycles. The molecule has 0 bridgehead atoms. The molecular weight excluding hydrogens is 414 g/mol. The molecule has 0 aliphatic heterocycles. The lowest BCUT2D eigenvalue weighted by Gasteiger charge is -2.03. The third-order valence-corrected chi connectivity index (χ3v) is 5.75. The molecule has 3 rings (SSSR count). The standard InChI is InChI=1S/C23H19N3O4S/c1-30-25-22(27)19-8-6-7-17(13-19)11-12-18-14-20(16-24-15-18)23(28)26-31(2,29)21-9-4-3-5-10-21/h3-10,13-16H,1-2H3,(H,25,27)/t31-/m0/s1. The Hall–Kier alpha value is -3.80. The minimum absolute atomic E-state index is 0.186. The minimum Gasteiger partial charge on any atom is -0.277 e. The van der Waals surface area contributed by atoms with Gasteiger partial charge >= 0.3 is 0 Å². The van der Waals surface area contributed by atoms with Gasteiger partial charge in [0.05, 0.1) is 22.4 Å². The summed E-state index contributed by atoms with van der Waals surface area (Å²) in [6, 6.07) is 16.9. The van der Waals surface area contributed by atoms with Crippen LogP contribution in [0.2, 0.25) is 0 Å². The van der Waals surface area contributed by atoms with Crippen molar-refractivity contribution in [3.05, 3.63) is 95.3 Å². The maximum atomic E-state index is 12.8. The van der Waals surface area contributed by atoms with E-state index in [9.17, 15) is 13.8 Å². The molecule has 1 aromatic heterocycles. The third kappa shape index (κ3) is 5.85. The monoisotopic (exact) mass is 433 g/mol.